The Kier molecular flexibility index (Phi) is 6.34. The van der Waals surface area contributed by atoms with E-state index in [9.17, 15) is 4.79 Å². The molecule has 0 bridgehead atoms. The third-order valence-electron chi connectivity index (χ3n) is 0.951. The van der Waals surface area contributed by atoms with Gasteiger partial charge in [0.15, 0.2) is 0 Å². The number of hydrogen-bond donors (Lipinski definition) is 2. The Labute approximate surface area is 76.0 Å². The van der Waals surface area contributed by atoms with Gasteiger partial charge in [0.25, 0.3) is 0 Å². The van der Waals surface area contributed by atoms with Gasteiger partial charge in [-0.25, -0.2) is 15.2 Å². The van der Waals surface area contributed by atoms with Crippen LogP contribution in [-0.2, 0) is 14.3 Å². The van der Waals surface area contributed by atoms with E-state index in [1.54, 1.807) is 6.92 Å². The molecule has 7 nitrogen and oxygen atoms in total. The maximum Gasteiger partial charge on any atom is 0.529 e. The first kappa shape index (κ1) is 11.5. The Morgan fingerprint density at radius 1 is 1.54 bits per heavy atom. The summed E-state index contributed by atoms with van der Waals surface area (Å²) in [6.45, 7) is 1.92. The largest absolute Gasteiger partial charge is 0.529 e. The van der Waals surface area contributed by atoms with E-state index >= 15 is 0 Å². The summed E-state index contributed by atoms with van der Waals surface area (Å²) in [5.41, 5.74) is 4.45. The molecule has 0 aromatic carbocycles. The van der Waals surface area contributed by atoms with E-state index in [4.69, 9.17) is 0 Å². The third kappa shape index (κ3) is 5.74. The van der Waals surface area contributed by atoms with Gasteiger partial charge < -0.3 is 14.3 Å². The highest BCUT2D eigenvalue weighted by atomic mass is 16.8. The lowest BCUT2D eigenvalue weighted by Crippen LogP contribution is -2.39. The minimum Gasteiger partial charge on any atom is -0.468 e. The van der Waals surface area contributed by atoms with Gasteiger partial charge in [-0.15, -0.1) is 0 Å². The Morgan fingerprint density at radius 3 is 2.69 bits per heavy atom. The Morgan fingerprint density at radius 2 is 2.23 bits per heavy atom. The van der Waals surface area contributed by atoms with E-state index in [1.807, 2.05) is 0 Å². The van der Waals surface area contributed by atoms with Gasteiger partial charge in [0.05, 0.1) is 13.7 Å². The summed E-state index contributed by atoms with van der Waals surface area (Å²) >= 11 is 0. The molecular formula is C6H13N3O4. The van der Waals surface area contributed by atoms with Crippen LogP contribution in [-0.4, -0.2) is 32.9 Å². The van der Waals surface area contributed by atoms with Crippen LogP contribution in [0.15, 0.2) is 4.99 Å². The normalized spacial score (nSPS) is 10.5. The smallest absolute Gasteiger partial charge is 0.468 e. The number of rotatable bonds is 3. The molecule has 0 amide bonds. The summed E-state index contributed by atoms with van der Waals surface area (Å²) in [6.07, 6.45) is -0.832. The summed E-state index contributed by atoms with van der Waals surface area (Å²) in [7, 11) is 2.93. The van der Waals surface area contributed by atoms with Crippen molar-refractivity contribution in [2.75, 3.05) is 20.8 Å². The second-order valence-corrected chi connectivity index (χ2v) is 1.75. The summed E-state index contributed by atoms with van der Waals surface area (Å²) in [5, 5.41) is 0. The second kappa shape index (κ2) is 7.17. The van der Waals surface area contributed by atoms with Crippen molar-refractivity contribution in [3.05, 3.63) is 0 Å². The van der Waals surface area contributed by atoms with E-state index < -0.39 is 6.16 Å². The zero-order valence-electron chi connectivity index (χ0n) is 7.79. The molecule has 0 aromatic rings. The van der Waals surface area contributed by atoms with E-state index in [-0.39, 0.29) is 12.6 Å². The van der Waals surface area contributed by atoms with Gasteiger partial charge >= 0.3 is 12.2 Å². The van der Waals surface area contributed by atoms with Crippen LogP contribution in [0, 0.1) is 0 Å². The van der Waals surface area contributed by atoms with E-state index in [0.29, 0.717) is 0 Å². The van der Waals surface area contributed by atoms with Crippen LogP contribution >= 0.6 is 0 Å². The molecule has 0 aliphatic heterocycles. The molecule has 0 rings (SSSR count). The van der Waals surface area contributed by atoms with E-state index in [1.165, 1.54) is 14.2 Å². The average molecular weight is 191 g/mol. The monoisotopic (exact) mass is 191 g/mol. The Hall–Kier alpha value is -1.50. The van der Waals surface area contributed by atoms with Gasteiger partial charge in [0, 0.05) is 7.05 Å². The zero-order chi connectivity index (χ0) is 10.1. The molecule has 0 unspecified atom stereocenters. The summed E-state index contributed by atoms with van der Waals surface area (Å²) in [4.78, 5) is 18.5. The molecule has 2 N–H and O–H groups in total. The zero-order valence-corrected chi connectivity index (χ0v) is 7.79. The predicted molar refractivity (Wildman–Crippen MR) is 44.7 cm³/mol. The molecule has 0 aromatic heterocycles. The van der Waals surface area contributed by atoms with Crippen molar-refractivity contribution < 1.29 is 19.1 Å². The van der Waals surface area contributed by atoms with Crippen LogP contribution in [0.1, 0.15) is 6.92 Å². The quantitative estimate of drug-likeness (QED) is 0.278. The van der Waals surface area contributed by atoms with E-state index in [0.717, 1.165) is 0 Å². The number of hydrogen-bond acceptors (Lipinski definition) is 6. The van der Waals surface area contributed by atoms with Crippen molar-refractivity contribution in [2.45, 2.75) is 6.92 Å². The first-order chi connectivity index (χ1) is 6.24. The molecule has 0 spiro atoms. The van der Waals surface area contributed by atoms with Gasteiger partial charge in [-0.2, -0.15) is 0 Å². The van der Waals surface area contributed by atoms with Crippen LogP contribution in [0.3, 0.4) is 0 Å². The van der Waals surface area contributed by atoms with Crippen LogP contribution in [0.4, 0.5) is 4.79 Å². The van der Waals surface area contributed by atoms with Crippen molar-refractivity contribution >= 4 is 12.2 Å². The molecule has 7 heteroatoms. The van der Waals surface area contributed by atoms with Crippen LogP contribution in [0.25, 0.3) is 0 Å². The number of carbonyl (C=O) groups excluding carboxylic acids is 1. The van der Waals surface area contributed by atoms with Crippen LogP contribution in [0.2, 0.25) is 0 Å². The molecule has 0 saturated heterocycles. The van der Waals surface area contributed by atoms with Crippen molar-refractivity contribution in [1.82, 2.24) is 11.0 Å². The first-order valence-electron chi connectivity index (χ1n) is 3.60. The lowest BCUT2D eigenvalue weighted by molar-refractivity contribution is 0.00872. The fourth-order valence-electron chi connectivity index (χ4n) is 0.456. The predicted octanol–water partition coefficient (Wildman–Crippen LogP) is -0.199. The molecule has 0 atom stereocenters. The molecule has 0 saturated carbocycles. The van der Waals surface area contributed by atoms with Gasteiger partial charge in [-0.1, -0.05) is 5.59 Å². The lowest BCUT2D eigenvalue weighted by Gasteiger charge is -2.07. The molecular weight excluding hydrogens is 178 g/mol. The SMILES string of the molecule is CCOC(=O)ONNC(=NC)OC. The van der Waals surface area contributed by atoms with Crippen molar-refractivity contribution in [3.63, 3.8) is 0 Å². The Bertz CT molecular complexity index is 183. The number of amidine groups is 1. The fourth-order valence-corrected chi connectivity index (χ4v) is 0.456. The second-order valence-electron chi connectivity index (χ2n) is 1.75. The van der Waals surface area contributed by atoms with E-state index in [2.05, 4.69) is 30.3 Å². The molecule has 0 heterocycles. The van der Waals surface area contributed by atoms with Gasteiger partial charge in [0.2, 0.25) is 0 Å². The highest BCUT2D eigenvalue weighted by Gasteiger charge is 2.01. The number of carbonyl (C=O) groups is 1. The summed E-state index contributed by atoms with van der Waals surface area (Å²) < 4.78 is 9.13. The minimum atomic E-state index is -0.832. The van der Waals surface area contributed by atoms with Crippen molar-refractivity contribution in [3.8, 4) is 0 Å². The highest BCUT2D eigenvalue weighted by Crippen LogP contribution is 1.79. The number of aliphatic imine (C=N–C) groups is 1. The Balaban J connectivity index is 3.49. The van der Waals surface area contributed by atoms with Gasteiger partial charge in [0.1, 0.15) is 0 Å². The maximum atomic E-state index is 10.6. The average Bonchev–Trinajstić information content (AvgIpc) is 2.13. The molecule has 0 aliphatic carbocycles. The molecule has 76 valence electrons. The van der Waals surface area contributed by atoms with Crippen LogP contribution < -0.4 is 11.0 Å². The van der Waals surface area contributed by atoms with Crippen molar-refractivity contribution in [1.29, 1.82) is 0 Å². The number of ether oxygens (including phenoxy) is 2. The minimum absolute atomic E-state index is 0.185. The number of nitrogens with zero attached hydrogens (tertiary/aromatic N) is 1. The highest BCUT2D eigenvalue weighted by molar-refractivity contribution is 5.72. The third-order valence-corrected chi connectivity index (χ3v) is 0.951. The topological polar surface area (TPSA) is 81.2 Å². The van der Waals surface area contributed by atoms with Gasteiger partial charge in [-0.3, -0.25) is 0 Å². The molecule has 0 fully saturated rings. The lowest BCUT2D eigenvalue weighted by atomic mass is 10.9. The molecule has 0 radical (unpaired) electrons. The fraction of sp³-hybridized carbons (Fsp3) is 0.667. The molecule has 0 aliphatic rings. The summed E-state index contributed by atoms with van der Waals surface area (Å²) in [6, 6.07) is 0.185. The van der Waals surface area contributed by atoms with Crippen LogP contribution in [0.5, 0.6) is 0 Å². The number of methoxy groups -OCH3 is 1. The maximum absolute atomic E-state index is 10.6. The summed E-state index contributed by atoms with van der Waals surface area (Å²) in [5.74, 6) is 0. The van der Waals surface area contributed by atoms with Crippen molar-refractivity contribution in [2.24, 2.45) is 4.99 Å². The number of hydrazine groups is 1. The first-order valence-corrected chi connectivity index (χ1v) is 3.60. The molecule has 13 heavy (non-hydrogen) atoms. The standard InChI is InChI=1S/C6H13N3O4/c1-4-12-6(10)13-9-8-5(7-2)11-3/h9H,4H2,1-3H3,(H,7,8). The number of nitrogens with one attached hydrogen (secondary N) is 2. The van der Waals surface area contributed by atoms with Gasteiger partial charge in [-0.05, 0) is 6.92 Å².